The fourth-order valence-electron chi connectivity index (χ4n) is 3.28. The topological polar surface area (TPSA) is 61.9 Å². The summed E-state index contributed by atoms with van der Waals surface area (Å²) in [5, 5.41) is 3.88. The van der Waals surface area contributed by atoms with Gasteiger partial charge in [-0.1, -0.05) is 6.07 Å². The summed E-state index contributed by atoms with van der Waals surface area (Å²) in [6, 6.07) is 12.7. The number of hydrogen-bond donors (Lipinski definition) is 1. The maximum Gasteiger partial charge on any atom is 0.243 e. The number of hydrogen-bond acceptors (Lipinski definition) is 4. The number of nitrogens with one attached hydrogen (secondary N) is 1. The maximum atomic E-state index is 12.8. The summed E-state index contributed by atoms with van der Waals surface area (Å²) in [7, 11) is -1.97. The van der Waals surface area contributed by atoms with Gasteiger partial charge in [-0.25, -0.2) is 8.42 Å². The number of ether oxygens (including phenoxy) is 1. The Balaban J connectivity index is 1.62. The van der Waals surface area contributed by atoms with Gasteiger partial charge >= 0.3 is 0 Å². The van der Waals surface area contributed by atoms with Gasteiger partial charge in [-0.15, -0.1) is 0 Å². The number of sulfonamides is 1. The minimum atomic E-state index is -3.52. The minimum Gasteiger partial charge on any atom is -0.497 e. The van der Waals surface area contributed by atoms with Crippen molar-refractivity contribution in [3.8, 4) is 5.75 Å². The van der Waals surface area contributed by atoms with Crippen LogP contribution in [0.15, 0.2) is 47.4 Å². The van der Waals surface area contributed by atoms with Crippen molar-refractivity contribution in [3.05, 3.63) is 53.6 Å². The van der Waals surface area contributed by atoms with Gasteiger partial charge in [0.25, 0.3) is 0 Å². The van der Waals surface area contributed by atoms with Crippen molar-refractivity contribution in [2.45, 2.75) is 18.7 Å². The van der Waals surface area contributed by atoms with Gasteiger partial charge in [0.1, 0.15) is 5.75 Å². The highest BCUT2D eigenvalue weighted by atomic mass is 32.2. The van der Waals surface area contributed by atoms with E-state index in [0.717, 1.165) is 5.69 Å². The zero-order valence-corrected chi connectivity index (χ0v) is 17.9. The third-order valence-electron chi connectivity index (χ3n) is 4.70. The monoisotopic (exact) mass is 419 g/mol. The molecule has 1 saturated heterocycles. The highest BCUT2D eigenvalue weighted by Gasteiger charge is 2.29. The molecule has 1 aliphatic heterocycles. The van der Waals surface area contributed by atoms with Crippen LogP contribution in [-0.4, -0.2) is 56.0 Å². The molecule has 8 heteroatoms. The first kappa shape index (κ1) is 20.6. The number of rotatable bonds is 4. The standard InChI is InChI=1S/C20H25N3O3S2/c1-15-12-16(2)14-17(13-15)21-20(27)22-8-10-23(11-9-22)28(24,25)19-6-4-18(26-3)5-7-19/h4-7,12-14H,8-11H2,1-3H3,(H,21,27). The third-order valence-corrected chi connectivity index (χ3v) is 6.97. The van der Waals surface area contributed by atoms with Crippen molar-refractivity contribution in [2.24, 2.45) is 0 Å². The normalized spacial score (nSPS) is 15.3. The van der Waals surface area contributed by atoms with Crippen LogP contribution in [-0.2, 0) is 10.0 Å². The Bertz CT molecular complexity index is 931. The number of nitrogens with zero attached hydrogens (tertiary/aromatic N) is 2. The fraction of sp³-hybridized carbons (Fsp3) is 0.350. The average molecular weight is 420 g/mol. The zero-order chi connectivity index (χ0) is 20.3. The van der Waals surface area contributed by atoms with E-state index in [1.165, 1.54) is 15.4 Å². The number of thiocarbonyl (C=S) groups is 1. The van der Waals surface area contributed by atoms with Crippen LogP contribution in [0.2, 0.25) is 0 Å². The van der Waals surface area contributed by atoms with Crippen LogP contribution in [0.1, 0.15) is 11.1 Å². The molecule has 3 rings (SSSR count). The third kappa shape index (κ3) is 4.63. The van der Waals surface area contributed by atoms with Crippen molar-refractivity contribution in [2.75, 3.05) is 38.6 Å². The van der Waals surface area contributed by atoms with E-state index in [1.54, 1.807) is 31.4 Å². The largest absolute Gasteiger partial charge is 0.497 e. The molecule has 2 aromatic carbocycles. The van der Waals surface area contributed by atoms with Crippen molar-refractivity contribution in [3.63, 3.8) is 0 Å². The van der Waals surface area contributed by atoms with Crippen molar-refractivity contribution in [1.82, 2.24) is 9.21 Å². The quantitative estimate of drug-likeness (QED) is 0.769. The lowest BCUT2D eigenvalue weighted by Crippen LogP contribution is -2.51. The first-order valence-corrected chi connectivity index (χ1v) is 10.9. The molecule has 1 N–H and O–H groups in total. The summed E-state index contributed by atoms with van der Waals surface area (Å²) in [6.07, 6.45) is 0. The first-order chi connectivity index (χ1) is 13.3. The minimum absolute atomic E-state index is 0.276. The van der Waals surface area contributed by atoms with Crippen molar-refractivity contribution in [1.29, 1.82) is 0 Å². The zero-order valence-electron chi connectivity index (χ0n) is 16.3. The van der Waals surface area contributed by atoms with Crippen LogP contribution in [0.5, 0.6) is 5.75 Å². The van der Waals surface area contributed by atoms with Crippen LogP contribution in [0.25, 0.3) is 0 Å². The predicted molar refractivity (Wildman–Crippen MR) is 115 cm³/mol. The second kappa shape index (κ2) is 8.46. The van der Waals surface area contributed by atoms with Crippen LogP contribution in [0, 0.1) is 13.8 Å². The Morgan fingerprint density at radius 3 is 2.11 bits per heavy atom. The molecule has 0 bridgehead atoms. The molecular formula is C20H25N3O3S2. The predicted octanol–water partition coefficient (Wildman–Crippen LogP) is 3.02. The second-order valence-corrected chi connectivity index (χ2v) is 9.20. The molecule has 0 radical (unpaired) electrons. The molecule has 0 unspecified atom stereocenters. The lowest BCUT2D eigenvalue weighted by Gasteiger charge is -2.35. The molecule has 150 valence electrons. The first-order valence-electron chi connectivity index (χ1n) is 9.08. The van der Waals surface area contributed by atoms with E-state index in [1.807, 2.05) is 30.9 Å². The summed E-state index contributed by atoms with van der Waals surface area (Å²) in [5.41, 5.74) is 3.29. The van der Waals surface area contributed by atoms with Crippen LogP contribution < -0.4 is 10.1 Å². The molecule has 0 amide bonds. The highest BCUT2D eigenvalue weighted by Crippen LogP contribution is 2.21. The Hall–Kier alpha value is -2.16. The van der Waals surface area contributed by atoms with E-state index < -0.39 is 10.0 Å². The molecule has 28 heavy (non-hydrogen) atoms. The second-order valence-electron chi connectivity index (χ2n) is 6.87. The van der Waals surface area contributed by atoms with Crippen LogP contribution in [0.4, 0.5) is 5.69 Å². The number of methoxy groups -OCH3 is 1. The molecule has 0 saturated carbocycles. The van der Waals surface area contributed by atoms with Gasteiger partial charge < -0.3 is 15.0 Å². The summed E-state index contributed by atoms with van der Waals surface area (Å²) < 4.78 is 32.3. The fourth-order valence-corrected chi connectivity index (χ4v) is 5.00. The molecule has 0 aliphatic carbocycles. The van der Waals surface area contributed by atoms with E-state index in [4.69, 9.17) is 17.0 Å². The Morgan fingerprint density at radius 1 is 1.00 bits per heavy atom. The van der Waals surface area contributed by atoms with E-state index in [-0.39, 0.29) is 4.90 Å². The van der Waals surface area contributed by atoms with E-state index in [2.05, 4.69) is 11.4 Å². The Labute approximate surface area is 172 Å². The lowest BCUT2D eigenvalue weighted by atomic mass is 10.1. The molecule has 1 fully saturated rings. The van der Waals surface area contributed by atoms with Crippen LogP contribution in [0.3, 0.4) is 0 Å². The molecule has 6 nitrogen and oxygen atoms in total. The van der Waals surface area contributed by atoms with Gasteiger partial charge in [-0.2, -0.15) is 4.31 Å². The van der Waals surface area contributed by atoms with Gasteiger partial charge in [0, 0.05) is 31.9 Å². The van der Waals surface area contributed by atoms with E-state index in [0.29, 0.717) is 37.0 Å². The van der Waals surface area contributed by atoms with E-state index in [9.17, 15) is 8.42 Å². The maximum absolute atomic E-state index is 12.8. The summed E-state index contributed by atoms with van der Waals surface area (Å²) in [4.78, 5) is 2.28. The smallest absolute Gasteiger partial charge is 0.243 e. The number of aryl methyl sites for hydroxylation is 2. The van der Waals surface area contributed by atoms with Crippen molar-refractivity contribution < 1.29 is 13.2 Å². The molecule has 1 aliphatic rings. The molecule has 0 aromatic heterocycles. The number of anilines is 1. The Morgan fingerprint density at radius 2 is 1.57 bits per heavy atom. The summed E-state index contributed by atoms with van der Waals surface area (Å²) in [5.74, 6) is 0.631. The molecule has 2 aromatic rings. The molecule has 0 spiro atoms. The molecule has 0 atom stereocenters. The molecule has 1 heterocycles. The summed E-state index contributed by atoms with van der Waals surface area (Å²) in [6.45, 7) is 5.97. The summed E-state index contributed by atoms with van der Waals surface area (Å²) >= 11 is 5.53. The van der Waals surface area contributed by atoms with E-state index >= 15 is 0 Å². The van der Waals surface area contributed by atoms with Gasteiger partial charge in [-0.3, -0.25) is 0 Å². The Kier molecular flexibility index (Phi) is 6.22. The van der Waals surface area contributed by atoms with Crippen LogP contribution >= 0.6 is 12.2 Å². The lowest BCUT2D eigenvalue weighted by molar-refractivity contribution is 0.268. The van der Waals surface area contributed by atoms with Gasteiger partial charge in [-0.05, 0) is 73.6 Å². The van der Waals surface area contributed by atoms with Gasteiger partial charge in [0.2, 0.25) is 10.0 Å². The SMILES string of the molecule is COc1ccc(S(=O)(=O)N2CCN(C(=S)Nc3cc(C)cc(C)c3)CC2)cc1. The van der Waals surface area contributed by atoms with Gasteiger partial charge in [0.05, 0.1) is 12.0 Å². The van der Waals surface area contributed by atoms with Crippen molar-refractivity contribution >= 4 is 33.0 Å². The number of benzene rings is 2. The number of piperazine rings is 1. The molecular weight excluding hydrogens is 394 g/mol. The average Bonchev–Trinajstić information content (AvgIpc) is 2.67. The highest BCUT2D eigenvalue weighted by molar-refractivity contribution is 7.89. The van der Waals surface area contributed by atoms with Gasteiger partial charge in [0.15, 0.2) is 5.11 Å².